The number of carbonyl (C=O) groups is 2. The monoisotopic (exact) mass is 391 g/mol. The minimum Gasteiger partial charge on any atom is -0.360 e. The molecule has 0 radical (unpaired) electrons. The molecule has 6 nitrogen and oxygen atoms in total. The van der Waals surface area contributed by atoms with E-state index in [9.17, 15) is 9.59 Å². The van der Waals surface area contributed by atoms with Crippen LogP contribution < -0.4 is 10.2 Å². The molecule has 3 aliphatic rings. The van der Waals surface area contributed by atoms with Gasteiger partial charge in [-0.15, -0.1) is 0 Å². The van der Waals surface area contributed by atoms with Crippen molar-refractivity contribution in [1.82, 2.24) is 5.32 Å². The fraction of sp³-hybridized carbons (Fsp3) is 0.238. The zero-order valence-corrected chi connectivity index (χ0v) is 16.1. The number of likely N-dealkylation sites (N-methyl/N-ethyl adjacent to an activating group) is 1. The number of oxime groups is 1. The molecule has 2 aromatic carbocycles. The molecule has 0 saturated carbocycles. The van der Waals surface area contributed by atoms with E-state index in [4.69, 9.17) is 17.1 Å². The molecule has 2 spiro atoms. The van der Waals surface area contributed by atoms with Crippen LogP contribution in [0, 0.1) is 5.41 Å². The lowest BCUT2D eigenvalue weighted by Crippen LogP contribution is -2.51. The van der Waals surface area contributed by atoms with Crippen LogP contribution in [0.5, 0.6) is 0 Å². The van der Waals surface area contributed by atoms with Crippen molar-refractivity contribution in [2.24, 2.45) is 10.6 Å². The van der Waals surface area contributed by atoms with E-state index in [2.05, 4.69) is 10.5 Å². The second kappa shape index (κ2) is 5.48. The zero-order chi connectivity index (χ0) is 19.7. The van der Waals surface area contributed by atoms with Gasteiger partial charge < -0.3 is 15.1 Å². The number of rotatable bonds is 1. The highest BCUT2D eigenvalue weighted by molar-refractivity contribution is 7.80. The summed E-state index contributed by atoms with van der Waals surface area (Å²) in [6.45, 7) is 1.73. The van der Waals surface area contributed by atoms with E-state index in [-0.39, 0.29) is 10.9 Å². The molecule has 1 N–H and O–H groups in total. The van der Waals surface area contributed by atoms with Gasteiger partial charge >= 0.3 is 5.97 Å². The van der Waals surface area contributed by atoms with Gasteiger partial charge in [-0.25, -0.2) is 4.79 Å². The highest BCUT2D eigenvalue weighted by Crippen LogP contribution is 2.60. The Morgan fingerprint density at radius 3 is 2.46 bits per heavy atom. The van der Waals surface area contributed by atoms with Crippen LogP contribution in [0.3, 0.4) is 0 Å². The Bertz CT molecular complexity index is 1080. The maximum atomic E-state index is 13.7. The van der Waals surface area contributed by atoms with Crippen molar-refractivity contribution in [2.75, 3.05) is 11.9 Å². The molecule has 1 amide bonds. The second-order valence-corrected chi connectivity index (χ2v) is 7.76. The van der Waals surface area contributed by atoms with Crippen LogP contribution in [0.15, 0.2) is 59.8 Å². The van der Waals surface area contributed by atoms with Gasteiger partial charge in [-0.3, -0.25) is 4.79 Å². The van der Waals surface area contributed by atoms with Crippen LogP contribution in [0.1, 0.15) is 24.0 Å². The highest BCUT2D eigenvalue weighted by Gasteiger charge is 2.74. The molecular weight excluding hydrogens is 374 g/mol. The second-order valence-electron chi connectivity index (χ2n) is 7.35. The van der Waals surface area contributed by atoms with Gasteiger partial charge in [-0.05, 0) is 18.6 Å². The first-order chi connectivity index (χ1) is 13.5. The minimum atomic E-state index is -1.31. The lowest BCUT2D eigenvalue weighted by molar-refractivity contribution is -0.146. The smallest absolute Gasteiger partial charge is 0.354 e. The van der Waals surface area contributed by atoms with Crippen molar-refractivity contribution in [2.45, 2.75) is 18.4 Å². The van der Waals surface area contributed by atoms with Gasteiger partial charge in [0.15, 0.2) is 11.0 Å². The molecular formula is C21H17N3O3S. The van der Waals surface area contributed by atoms with E-state index in [1.807, 2.05) is 54.6 Å². The highest BCUT2D eigenvalue weighted by atomic mass is 32.1. The van der Waals surface area contributed by atoms with Gasteiger partial charge in [0.2, 0.25) is 0 Å². The van der Waals surface area contributed by atoms with Gasteiger partial charge in [-0.1, -0.05) is 65.9 Å². The van der Waals surface area contributed by atoms with Crippen molar-refractivity contribution in [1.29, 1.82) is 0 Å². The van der Waals surface area contributed by atoms with E-state index in [1.54, 1.807) is 18.9 Å². The van der Waals surface area contributed by atoms with Gasteiger partial charge in [0, 0.05) is 24.2 Å². The zero-order valence-electron chi connectivity index (χ0n) is 15.3. The third-order valence-electron chi connectivity index (χ3n) is 6.16. The quantitative estimate of drug-likeness (QED) is 0.597. The first-order valence-electron chi connectivity index (χ1n) is 8.97. The number of thiocarbonyl (C=S) groups is 1. The molecule has 7 heteroatoms. The summed E-state index contributed by atoms with van der Waals surface area (Å²) in [7, 11) is 1.74. The molecule has 2 aromatic rings. The number of amides is 1. The molecule has 28 heavy (non-hydrogen) atoms. The van der Waals surface area contributed by atoms with Gasteiger partial charge in [-0.2, -0.15) is 0 Å². The van der Waals surface area contributed by atoms with Gasteiger partial charge in [0.1, 0.15) is 4.99 Å². The predicted molar refractivity (Wildman–Crippen MR) is 108 cm³/mol. The summed E-state index contributed by atoms with van der Waals surface area (Å²) < 4.78 is 0. The van der Waals surface area contributed by atoms with E-state index >= 15 is 0 Å². The SMILES string of the molecule is CC1=NOC(=O)[C@]12C(=S)N[C@]1(C(=O)N(C)c3ccccc31)[C@@H]2c1ccccc1. The average molecular weight is 391 g/mol. The maximum absolute atomic E-state index is 13.7. The number of benzene rings is 2. The number of nitrogens with zero attached hydrogens (tertiary/aromatic N) is 2. The van der Waals surface area contributed by atoms with E-state index in [0.717, 1.165) is 16.8 Å². The van der Waals surface area contributed by atoms with Crippen LogP contribution in [0.4, 0.5) is 5.69 Å². The van der Waals surface area contributed by atoms with Crippen molar-refractivity contribution in [3.05, 3.63) is 65.7 Å². The summed E-state index contributed by atoms with van der Waals surface area (Å²) in [5.41, 5.74) is 0.348. The Kier molecular flexibility index (Phi) is 3.34. The Balaban J connectivity index is 1.88. The number of para-hydroxylation sites is 1. The molecule has 1 fully saturated rings. The Morgan fingerprint density at radius 1 is 1.11 bits per heavy atom. The first-order valence-corrected chi connectivity index (χ1v) is 9.38. The number of carbonyl (C=O) groups excluding carboxylic acids is 2. The number of nitrogens with one attached hydrogen (secondary N) is 1. The lowest BCUT2D eigenvalue weighted by Gasteiger charge is -2.34. The lowest BCUT2D eigenvalue weighted by atomic mass is 9.63. The number of hydrogen-bond acceptors (Lipinski definition) is 5. The van der Waals surface area contributed by atoms with Crippen molar-refractivity contribution < 1.29 is 14.4 Å². The summed E-state index contributed by atoms with van der Waals surface area (Å²) >= 11 is 5.69. The van der Waals surface area contributed by atoms with Crippen LogP contribution in [0.2, 0.25) is 0 Å². The average Bonchev–Trinajstić information content (AvgIpc) is 3.25. The van der Waals surface area contributed by atoms with Crippen LogP contribution >= 0.6 is 12.2 Å². The summed E-state index contributed by atoms with van der Waals surface area (Å²) in [5.74, 6) is -1.33. The summed E-state index contributed by atoms with van der Waals surface area (Å²) in [6, 6.07) is 17.1. The van der Waals surface area contributed by atoms with Crippen molar-refractivity contribution in [3.8, 4) is 0 Å². The molecule has 140 valence electrons. The maximum Gasteiger partial charge on any atom is 0.354 e. The van der Waals surface area contributed by atoms with E-state index in [0.29, 0.717) is 5.71 Å². The molecule has 3 atom stereocenters. The van der Waals surface area contributed by atoms with E-state index in [1.165, 1.54) is 0 Å². The molecule has 0 bridgehead atoms. The van der Waals surface area contributed by atoms with E-state index < -0.39 is 22.8 Å². The normalized spacial score (nSPS) is 30.6. The Labute approximate surface area is 167 Å². The molecule has 0 unspecified atom stereocenters. The topological polar surface area (TPSA) is 71.0 Å². The van der Waals surface area contributed by atoms with Gasteiger partial charge in [0.25, 0.3) is 5.91 Å². The number of hydrogen-bond donors (Lipinski definition) is 1. The number of anilines is 1. The third-order valence-corrected chi connectivity index (χ3v) is 6.58. The Hall–Kier alpha value is -3.06. The fourth-order valence-corrected chi connectivity index (χ4v) is 5.43. The van der Waals surface area contributed by atoms with Crippen molar-refractivity contribution >= 4 is 40.5 Å². The summed E-state index contributed by atoms with van der Waals surface area (Å²) in [6.07, 6.45) is 0. The van der Waals surface area contributed by atoms with Gasteiger partial charge in [0.05, 0.1) is 5.71 Å². The fourth-order valence-electron chi connectivity index (χ4n) is 4.93. The molecule has 3 aliphatic heterocycles. The molecule has 1 saturated heterocycles. The minimum absolute atomic E-state index is 0.158. The van der Waals surface area contributed by atoms with Crippen LogP contribution in [0.25, 0.3) is 0 Å². The first kappa shape index (κ1) is 17.1. The molecule has 5 rings (SSSR count). The van der Waals surface area contributed by atoms with Crippen LogP contribution in [-0.4, -0.2) is 29.6 Å². The summed E-state index contributed by atoms with van der Waals surface area (Å²) in [4.78, 5) is 33.7. The number of fused-ring (bicyclic) bond motifs is 2. The third kappa shape index (κ3) is 1.73. The predicted octanol–water partition coefficient (Wildman–Crippen LogP) is 2.49. The molecule has 3 heterocycles. The van der Waals surface area contributed by atoms with Crippen LogP contribution in [-0.2, 0) is 20.0 Å². The largest absolute Gasteiger partial charge is 0.360 e. The molecule has 0 aliphatic carbocycles. The summed E-state index contributed by atoms with van der Waals surface area (Å²) in [5, 5.41) is 7.21. The van der Waals surface area contributed by atoms with Crippen molar-refractivity contribution in [3.63, 3.8) is 0 Å². The molecule has 0 aromatic heterocycles. The Morgan fingerprint density at radius 2 is 1.79 bits per heavy atom. The standard InChI is InChI=1S/C21H17N3O3S/c1-12-20(19(26)27-23-12)16(13-8-4-3-5-9-13)21(22-17(20)28)14-10-6-7-11-15(14)24(2)18(21)25/h3-11,16H,1-2H3,(H,22,28)/t16-,20-,21+/m1/s1.